The van der Waals surface area contributed by atoms with Crippen LogP contribution in [0.2, 0.25) is 0 Å². The molecule has 1 aliphatic heterocycles. The monoisotopic (exact) mass is 330 g/mol. The number of hydrogen-bond acceptors (Lipinski definition) is 6. The average molecular weight is 330 g/mol. The zero-order valence-electron chi connectivity index (χ0n) is 14.2. The summed E-state index contributed by atoms with van der Waals surface area (Å²) in [7, 11) is 0. The minimum absolute atomic E-state index is 0.0357. The second kappa shape index (κ2) is 5.55. The number of nitrogens with two attached hydrogens (primary N) is 1. The first-order chi connectivity index (χ1) is 11.2. The summed E-state index contributed by atoms with van der Waals surface area (Å²) in [4.78, 5) is 18.0. The van der Waals surface area contributed by atoms with Gasteiger partial charge in [-0.1, -0.05) is 0 Å². The van der Waals surface area contributed by atoms with E-state index in [-0.39, 0.29) is 23.4 Å². The molecule has 1 aliphatic carbocycles. The van der Waals surface area contributed by atoms with Crippen molar-refractivity contribution < 1.29 is 14.3 Å². The van der Waals surface area contributed by atoms with E-state index in [1.807, 2.05) is 26.8 Å². The summed E-state index contributed by atoms with van der Waals surface area (Å²) in [5.41, 5.74) is 5.69. The van der Waals surface area contributed by atoms with Crippen LogP contribution in [0.1, 0.15) is 39.2 Å². The summed E-state index contributed by atoms with van der Waals surface area (Å²) in [6.45, 7) is 6.62. The van der Waals surface area contributed by atoms with E-state index in [0.717, 1.165) is 12.8 Å². The predicted molar refractivity (Wildman–Crippen MR) is 87.3 cm³/mol. The van der Waals surface area contributed by atoms with Crippen LogP contribution in [0.15, 0.2) is 12.3 Å². The van der Waals surface area contributed by atoms with Crippen LogP contribution in [0.25, 0.3) is 0 Å². The lowest BCUT2D eigenvalue weighted by Crippen LogP contribution is -2.36. The molecule has 0 radical (unpaired) electrons. The number of nitrogen functional groups attached to an aromatic ring is 1. The second-order valence-corrected chi connectivity index (χ2v) is 7.55. The molecule has 0 aromatic carbocycles. The van der Waals surface area contributed by atoms with Gasteiger partial charge in [0.05, 0.1) is 12.1 Å². The largest absolute Gasteiger partial charge is 0.484 e. The third-order valence-electron chi connectivity index (χ3n) is 4.40. The maximum atomic E-state index is 12.3. The number of amides is 1. The first kappa shape index (κ1) is 16.4. The number of carbonyl (C=O) groups excluding carboxylic acids is 1. The van der Waals surface area contributed by atoms with Crippen LogP contribution < -0.4 is 10.5 Å². The van der Waals surface area contributed by atoms with Crippen LogP contribution in [0.4, 0.5) is 10.6 Å². The number of aromatic nitrogens is 1. The fourth-order valence-corrected chi connectivity index (χ4v) is 2.97. The Morgan fingerprint density at radius 2 is 2.21 bits per heavy atom. The number of likely N-dealkylation sites (tertiary alicyclic amines) is 1. The van der Waals surface area contributed by atoms with Crippen molar-refractivity contribution in [2.24, 2.45) is 5.41 Å². The van der Waals surface area contributed by atoms with E-state index < -0.39 is 5.60 Å². The zero-order chi connectivity index (χ0) is 17.5. The van der Waals surface area contributed by atoms with Crippen LogP contribution in [0.5, 0.6) is 5.75 Å². The van der Waals surface area contributed by atoms with Gasteiger partial charge in [-0.2, -0.15) is 5.26 Å². The van der Waals surface area contributed by atoms with Crippen molar-refractivity contribution in [3.63, 3.8) is 0 Å². The van der Waals surface area contributed by atoms with Crippen LogP contribution >= 0.6 is 0 Å². The highest BCUT2D eigenvalue weighted by Gasteiger charge is 2.58. The molecule has 1 saturated carbocycles. The number of pyridine rings is 1. The summed E-state index contributed by atoms with van der Waals surface area (Å²) >= 11 is 0. The fraction of sp³-hybridized carbons (Fsp3) is 0.588. The van der Waals surface area contributed by atoms with Gasteiger partial charge in [-0.15, -0.1) is 0 Å². The Kier molecular flexibility index (Phi) is 3.78. The molecule has 24 heavy (non-hydrogen) atoms. The molecule has 1 amide bonds. The van der Waals surface area contributed by atoms with Crippen molar-refractivity contribution in [3.8, 4) is 11.8 Å². The quantitative estimate of drug-likeness (QED) is 0.893. The van der Waals surface area contributed by atoms with E-state index in [1.54, 1.807) is 11.0 Å². The van der Waals surface area contributed by atoms with Crippen LogP contribution in [0.3, 0.4) is 0 Å². The number of anilines is 1. The molecule has 128 valence electrons. The Morgan fingerprint density at radius 1 is 1.50 bits per heavy atom. The van der Waals surface area contributed by atoms with Crippen LogP contribution in [-0.2, 0) is 4.74 Å². The molecule has 1 aromatic heterocycles. The van der Waals surface area contributed by atoms with Crippen molar-refractivity contribution in [2.45, 2.75) is 45.3 Å². The molecule has 2 N–H and O–H groups in total. The molecule has 1 aromatic rings. The first-order valence-corrected chi connectivity index (χ1v) is 8.03. The van der Waals surface area contributed by atoms with Gasteiger partial charge in [-0.25, -0.2) is 9.78 Å². The molecule has 1 atom stereocenters. The number of nitriles is 1. The highest BCUT2D eigenvalue weighted by Crippen LogP contribution is 2.54. The third-order valence-corrected chi connectivity index (χ3v) is 4.40. The number of carbonyl (C=O) groups is 1. The SMILES string of the molecule is CC(C)(C)OC(=O)N1CC(Oc2cc(C#N)cnc2N)C2(CC2)C1. The van der Waals surface area contributed by atoms with Gasteiger partial charge in [0.15, 0.2) is 11.6 Å². The lowest BCUT2D eigenvalue weighted by atomic mass is 10.0. The van der Waals surface area contributed by atoms with Crippen molar-refractivity contribution >= 4 is 11.9 Å². The minimum atomic E-state index is -0.526. The Labute approximate surface area is 141 Å². The van der Waals surface area contributed by atoms with Gasteiger partial charge >= 0.3 is 6.09 Å². The maximum absolute atomic E-state index is 12.3. The van der Waals surface area contributed by atoms with Crippen molar-refractivity contribution in [3.05, 3.63) is 17.8 Å². The highest BCUT2D eigenvalue weighted by atomic mass is 16.6. The Bertz CT molecular complexity index is 701. The van der Waals surface area contributed by atoms with Gasteiger partial charge in [0, 0.05) is 24.2 Å². The van der Waals surface area contributed by atoms with E-state index in [2.05, 4.69) is 4.98 Å². The zero-order valence-corrected chi connectivity index (χ0v) is 14.2. The first-order valence-electron chi connectivity index (χ1n) is 8.03. The van der Waals surface area contributed by atoms with Gasteiger partial charge in [0.2, 0.25) is 0 Å². The standard InChI is InChI=1S/C17H22N4O3/c1-16(2,3)24-15(22)21-9-13(17(10-21)4-5-17)23-12-6-11(7-18)8-20-14(12)19/h6,8,13H,4-5,9-10H2,1-3H3,(H2,19,20). The fourth-order valence-electron chi connectivity index (χ4n) is 2.97. The maximum Gasteiger partial charge on any atom is 0.410 e. The minimum Gasteiger partial charge on any atom is -0.484 e. The smallest absolute Gasteiger partial charge is 0.410 e. The van der Waals surface area contributed by atoms with Crippen LogP contribution in [0, 0.1) is 16.7 Å². The van der Waals surface area contributed by atoms with Crippen molar-refractivity contribution in [2.75, 3.05) is 18.8 Å². The molecule has 1 saturated heterocycles. The predicted octanol–water partition coefficient (Wildman–Crippen LogP) is 2.31. The van der Waals surface area contributed by atoms with E-state index in [9.17, 15) is 4.79 Å². The summed E-state index contributed by atoms with van der Waals surface area (Å²) < 4.78 is 11.5. The molecule has 2 aliphatic rings. The molecule has 7 heteroatoms. The topological polar surface area (TPSA) is 101 Å². The number of rotatable bonds is 2. The van der Waals surface area contributed by atoms with Gasteiger partial charge in [-0.05, 0) is 33.6 Å². The summed E-state index contributed by atoms with van der Waals surface area (Å²) in [6, 6.07) is 3.62. The molecule has 2 fully saturated rings. The lowest BCUT2D eigenvalue weighted by Gasteiger charge is -2.24. The second-order valence-electron chi connectivity index (χ2n) is 7.55. The number of nitrogens with zero attached hydrogens (tertiary/aromatic N) is 3. The molecule has 2 heterocycles. The van der Waals surface area contributed by atoms with E-state index in [0.29, 0.717) is 24.4 Å². The summed E-state index contributed by atoms with van der Waals surface area (Å²) in [5, 5.41) is 9.00. The molecule has 3 rings (SSSR count). The Balaban J connectivity index is 1.73. The summed E-state index contributed by atoms with van der Waals surface area (Å²) in [5.74, 6) is 0.650. The Hall–Kier alpha value is -2.49. The van der Waals surface area contributed by atoms with E-state index in [4.69, 9.17) is 20.5 Å². The highest BCUT2D eigenvalue weighted by molar-refractivity contribution is 5.69. The molecular weight excluding hydrogens is 308 g/mol. The van der Waals surface area contributed by atoms with E-state index in [1.165, 1.54) is 6.20 Å². The average Bonchev–Trinajstić information content (AvgIpc) is 3.17. The van der Waals surface area contributed by atoms with Gasteiger partial charge < -0.3 is 20.1 Å². The molecule has 7 nitrogen and oxygen atoms in total. The number of ether oxygens (including phenoxy) is 2. The van der Waals surface area contributed by atoms with Gasteiger partial charge in [-0.3, -0.25) is 0 Å². The lowest BCUT2D eigenvalue weighted by molar-refractivity contribution is 0.0274. The van der Waals surface area contributed by atoms with Gasteiger partial charge in [0.1, 0.15) is 17.8 Å². The number of hydrogen-bond donors (Lipinski definition) is 1. The van der Waals surface area contributed by atoms with E-state index >= 15 is 0 Å². The molecule has 1 unspecified atom stereocenters. The van der Waals surface area contributed by atoms with Crippen molar-refractivity contribution in [1.29, 1.82) is 5.26 Å². The molecule has 1 spiro atoms. The molecule has 0 bridgehead atoms. The molecular formula is C17H22N4O3. The van der Waals surface area contributed by atoms with Crippen molar-refractivity contribution in [1.82, 2.24) is 9.88 Å². The van der Waals surface area contributed by atoms with Gasteiger partial charge in [0.25, 0.3) is 0 Å². The Morgan fingerprint density at radius 3 is 2.79 bits per heavy atom. The van der Waals surface area contributed by atoms with Crippen LogP contribution in [-0.4, -0.2) is 40.8 Å². The normalized spacial score (nSPS) is 21.4. The third kappa shape index (κ3) is 3.23. The summed E-state index contributed by atoms with van der Waals surface area (Å²) in [6.07, 6.45) is 2.93.